The second-order valence-electron chi connectivity index (χ2n) is 5.87. The predicted octanol–water partition coefficient (Wildman–Crippen LogP) is 2.62. The molecule has 3 nitrogen and oxygen atoms in total. The van der Waals surface area contributed by atoms with Gasteiger partial charge in [-0.2, -0.15) is 0 Å². The molecule has 1 unspecified atom stereocenters. The normalized spacial score (nSPS) is 23.1. The summed E-state index contributed by atoms with van der Waals surface area (Å²) in [4.78, 5) is 14.0. The molecule has 1 saturated carbocycles. The molecule has 1 aromatic carbocycles. The van der Waals surface area contributed by atoms with Gasteiger partial charge in [-0.05, 0) is 31.2 Å². The van der Waals surface area contributed by atoms with Crippen LogP contribution in [0.2, 0.25) is 0 Å². The van der Waals surface area contributed by atoms with Gasteiger partial charge in [0, 0.05) is 6.54 Å². The molecular formula is C16H22N2O. The van der Waals surface area contributed by atoms with Crippen molar-refractivity contribution in [2.75, 3.05) is 13.1 Å². The van der Waals surface area contributed by atoms with E-state index in [2.05, 4.69) is 36.5 Å². The fourth-order valence-electron chi connectivity index (χ4n) is 2.80. The molecule has 102 valence electrons. The van der Waals surface area contributed by atoms with Gasteiger partial charge in [0.25, 0.3) is 0 Å². The van der Waals surface area contributed by atoms with Crippen molar-refractivity contribution in [3.05, 3.63) is 35.4 Å². The van der Waals surface area contributed by atoms with E-state index in [1.54, 1.807) is 0 Å². The molecule has 1 amide bonds. The fourth-order valence-corrected chi connectivity index (χ4v) is 2.80. The van der Waals surface area contributed by atoms with Crippen molar-refractivity contribution in [1.82, 2.24) is 10.2 Å². The second kappa shape index (κ2) is 5.33. The monoisotopic (exact) mass is 258 g/mol. The summed E-state index contributed by atoms with van der Waals surface area (Å²) in [6.07, 6.45) is 5.29. The molecule has 1 aliphatic carbocycles. The quantitative estimate of drug-likeness (QED) is 0.880. The van der Waals surface area contributed by atoms with E-state index in [1.807, 2.05) is 4.90 Å². The first-order valence-electron chi connectivity index (χ1n) is 7.33. The molecule has 1 aromatic rings. The number of hydrogen-bond donors (Lipinski definition) is 1. The summed E-state index contributed by atoms with van der Waals surface area (Å²) in [5.41, 5.74) is 2.45. The van der Waals surface area contributed by atoms with Crippen molar-refractivity contribution in [2.24, 2.45) is 5.92 Å². The maximum Gasteiger partial charge on any atom is 0.238 e. The number of carbonyl (C=O) groups excluding carboxylic acids is 1. The van der Waals surface area contributed by atoms with Crippen LogP contribution < -0.4 is 5.32 Å². The third kappa shape index (κ3) is 2.98. The van der Waals surface area contributed by atoms with Crippen molar-refractivity contribution >= 4 is 5.91 Å². The third-order valence-corrected chi connectivity index (χ3v) is 4.18. The predicted molar refractivity (Wildman–Crippen MR) is 75.6 cm³/mol. The van der Waals surface area contributed by atoms with Gasteiger partial charge in [-0.15, -0.1) is 0 Å². The van der Waals surface area contributed by atoms with Crippen LogP contribution in [-0.4, -0.2) is 23.9 Å². The minimum atomic E-state index is 0.0762. The second-order valence-corrected chi connectivity index (χ2v) is 5.87. The van der Waals surface area contributed by atoms with Gasteiger partial charge in [-0.25, -0.2) is 0 Å². The number of amides is 1. The van der Waals surface area contributed by atoms with Gasteiger partial charge >= 0.3 is 0 Å². The highest BCUT2D eigenvalue weighted by Gasteiger charge is 2.31. The van der Waals surface area contributed by atoms with Crippen LogP contribution in [0.15, 0.2) is 24.3 Å². The van der Waals surface area contributed by atoms with Crippen LogP contribution in [-0.2, 0) is 4.79 Å². The molecule has 1 aliphatic heterocycles. The lowest BCUT2D eigenvalue weighted by Crippen LogP contribution is -2.31. The SMILES string of the molecule is Cc1ccc(C2NCC(=O)N2CCCC2CC2)cc1. The molecule has 1 N–H and O–H groups in total. The lowest BCUT2D eigenvalue weighted by atomic mass is 10.1. The summed E-state index contributed by atoms with van der Waals surface area (Å²) in [5, 5.41) is 3.32. The van der Waals surface area contributed by atoms with Crippen LogP contribution in [0.4, 0.5) is 0 Å². The number of rotatable bonds is 5. The lowest BCUT2D eigenvalue weighted by molar-refractivity contribution is -0.128. The zero-order valence-corrected chi connectivity index (χ0v) is 11.6. The summed E-state index contributed by atoms with van der Waals surface area (Å²) in [5.74, 6) is 1.19. The highest BCUT2D eigenvalue weighted by molar-refractivity contribution is 5.80. The Balaban J connectivity index is 1.64. The van der Waals surface area contributed by atoms with Crippen LogP contribution in [0.5, 0.6) is 0 Å². The molecular weight excluding hydrogens is 236 g/mol. The smallest absolute Gasteiger partial charge is 0.238 e. The molecule has 0 bridgehead atoms. The Bertz CT molecular complexity index is 450. The Kier molecular flexibility index (Phi) is 3.56. The Morgan fingerprint density at radius 1 is 1.26 bits per heavy atom. The third-order valence-electron chi connectivity index (χ3n) is 4.18. The Labute approximate surface area is 115 Å². The van der Waals surface area contributed by atoms with Gasteiger partial charge in [0.15, 0.2) is 0 Å². The topological polar surface area (TPSA) is 32.3 Å². The van der Waals surface area contributed by atoms with Gasteiger partial charge in [0.2, 0.25) is 5.91 Å². The number of benzene rings is 1. The molecule has 3 rings (SSSR count). The van der Waals surface area contributed by atoms with Crippen LogP contribution in [0.1, 0.15) is 43.0 Å². The average molecular weight is 258 g/mol. The lowest BCUT2D eigenvalue weighted by Gasteiger charge is -2.24. The van der Waals surface area contributed by atoms with Gasteiger partial charge in [-0.3, -0.25) is 10.1 Å². The molecule has 2 fully saturated rings. The summed E-state index contributed by atoms with van der Waals surface area (Å²) < 4.78 is 0. The van der Waals surface area contributed by atoms with Crippen LogP contribution in [0.3, 0.4) is 0 Å². The molecule has 0 spiro atoms. The minimum absolute atomic E-state index is 0.0762. The molecule has 2 aliphatic rings. The standard InChI is InChI=1S/C16H22N2O/c1-12-4-8-14(9-5-12)16-17-11-15(19)18(16)10-2-3-13-6-7-13/h4-5,8-9,13,16-17H,2-3,6-7,10-11H2,1H3. The summed E-state index contributed by atoms with van der Waals surface area (Å²) in [7, 11) is 0. The van der Waals surface area contributed by atoms with E-state index in [0.29, 0.717) is 6.54 Å². The van der Waals surface area contributed by atoms with Gasteiger partial charge < -0.3 is 4.90 Å². The summed E-state index contributed by atoms with van der Waals surface area (Å²) >= 11 is 0. The van der Waals surface area contributed by atoms with E-state index in [9.17, 15) is 4.79 Å². The molecule has 1 atom stereocenters. The number of carbonyl (C=O) groups is 1. The number of hydrogen-bond acceptors (Lipinski definition) is 2. The van der Waals surface area contributed by atoms with Crippen molar-refractivity contribution in [2.45, 2.75) is 38.8 Å². The van der Waals surface area contributed by atoms with Crippen molar-refractivity contribution in [3.8, 4) is 0 Å². The van der Waals surface area contributed by atoms with Crippen molar-refractivity contribution in [3.63, 3.8) is 0 Å². The largest absolute Gasteiger partial charge is 0.322 e. The number of nitrogens with zero attached hydrogens (tertiary/aromatic N) is 1. The summed E-state index contributed by atoms with van der Waals surface area (Å²) in [6, 6.07) is 8.48. The van der Waals surface area contributed by atoms with Crippen LogP contribution in [0.25, 0.3) is 0 Å². The fraction of sp³-hybridized carbons (Fsp3) is 0.562. The number of nitrogens with one attached hydrogen (secondary N) is 1. The van der Waals surface area contributed by atoms with Gasteiger partial charge in [-0.1, -0.05) is 42.7 Å². The summed E-state index contributed by atoms with van der Waals surface area (Å²) in [6.45, 7) is 3.45. The van der Waals surface area contributed by atoms with E-state index >= 15 is 0 Å². The van der Waals surface area contributed by atoms with E-state index in [4.69, 9.17) is 0 Å². The van der Waals surface area contributed by atoms with E-state index < -0.39 is 0 Å². The van der Waals surface area contributed by atoms with E-state index in [-0.39, 0.29) is 12.1 Å². The van der Waals surface area contributed by atoms with Crippen molar-refractivity contribution in [1.29, 1.82) is 0 Å². The number of aryl methyl sites for hydroxylation is 1. The molecule has 1 heterocycles. The van der Waals surface area contributed by atoms with E-state index in [0.717, 1.165) is 18.9 Å². The van der Waals surface area contributed by atoms with Crippen molar-refractivity contribution < 1.29 is 4.79 Å². The van der Waals surface area contributed by atoms with Crippen LogP contribution >= 0.6 is 0 Å². The average Bonchev–Trinajstić information content (AvgIpc) is 3.16. The first-order valence-corrected chi connectivity index (χ1v) is 7.33. The molecule has 19 heavy (non-hydrogen) atoms. The first kappa shape index (κ1) is 12.7. The first-order chi connectivity index (χ1) is 9.24. The van der Waals surface area contributed by atoms with Gasteiger partial charge in [0.1, 0.15) is 6.17 Å². The zero-order valence-electron chi connectivity index (χ0n) is 11.6. The maximum absolute atomic E-state index is 12.0. The zero-order chi connectivity index (χ0) is 13.2. The Morgan fingerprint density at radius 3 is 2.68 bits per heavy atom. The molecule has 1 saturated heterocycles. The Morgan fingerprint density at radius 2 is 2.00 bits per heavy atom. The highest BCUT2D eigenvalue weighted by atomic mass is 16.2. The minimum Gasteiger partial charge on any atom is -0.322 e. The Hall–Kier alpha value is -1.35. The highest BCUT2D eigenvalue weighted by Crippen LogP contribution is 2.34. The molecule has 3 heteroatoms. The van der Waals surface area contributed by atoms with Crippen LogP contribution in [0, 0.1) is 12.8 Å². The molecule has 0 aromatic heterocycles. The van der Waals surface area contributed by atoms with Gasteiger partial charge in [0.05, 0.1) is 6.54 Å². The maximum atomic E-state index is 12.0. The molecule has 0 radical (unpaired) electrons. The van der Waals surface area contributed by atoms with E-state index in [1.165, 1.54) is 30.4 Å².